The molecule has 2 nitrogen and oxygen atoms in total. The molecule has 0 aliphatic carbocycles. The summed E-state index contributed by atoms with van der Waals surface area (Å²) in [6.45, 7) is 3.43. The molecule has 15 heavy (non-hydrogen) atoms. The third-order valence-electron chi connectivity index (χ3n) is 3.08. The van der Waals surface area contributed by atoms with Crippen LogP contribution in [0.5, 0.6) is 0 Å². The fourth-order valence-corrected chi connectivity index (χ4v) is 2.50. The highest BCUT2D eigenvalue weighted by atomic mass is 79.9. The van der Waals surface area contributed by atoms with Crippen LogP contribution in [0.1, 0.15) is 11.6 Å². The molecule has 82 valence electrons. The molecule has 0 aromatic heterocycles. The van der Waals surface area contributed by atoms with Crippen LogP contribution in [0.25, 0.3) is 0 Å². The smallest absolute Gasteiger partial charge is 0.0472 e. The molecule has 1 aliphatic rings. The molecule has 0 bridgehead atoms. The van der Waals surface area contributed by atoms with Crippen molar-refractivity contribution in [1.29, 1.82) is 0 Å². The lowest BCUT2D eigenvalue weighted by molar-refractivity contribution is 0.115. The summed E-state index contributed by atoms with van der Waals surface area (Å²) in [6, 6.07) is 9.16. The molecule has 1 saturated heterocycles. The second-order valence-electron chi connectivity index (χ2n) is 4.31. The average Bonchev–Trinajstić information content (AvgIpc) is 2.22. The van der Waals surface area contributed by atoms with Crippen molar-refractivity contribution < 1.29 is 0 Å². The van der Waals surface area contributed by atoms with Crippen molar-refractivity contribution >= 4 is 15.9 Å². The van der Waals surface area contributed by atoms with Crippen LogP contribution in [0.15, 0.2) is 28.7 Å². The average molecular weight is 269 g/mol. The van der Waals surface area contributed by atoms with E-state index >= 15 is 0 Å². The molecule has 0 N–H and O–H groups in total. The van der Waals surface area contributed by atoms with Crippen molar-refractivity contribution in [3.8, 4) is 0 Å². The van der Waals surface area contributed by atoms with Crippen LogP contribution < -0.4 is 0 Å². The van der Waals surface area contributed by atoms with E-state index in [4.69, 9.17) is 0 Å². The Kier molecular flexibility index (Phi) is 3.44. The van der Waals surface area contributed by atoms with Gasteiger partial charge in [0.05, 0.1) is 0 Å². The number of piperazine rings is 1. The van der Waals surface area contributed by atoms with Gasteiger partial charge in [0.2, 0.25) is 0 Å². The zero-order valence-electron chi connectivity index (χ0n) is 9.28. The second kappa shape index (κ2) is 4.64. The first kappa shape index (κ1) is 11.1. The predicted molar refractivity (Wildman–Crippen MR) is 67.0 cm³/mol. The molecule has 1 heterocycles. The lowest BCUT2D eigenvalue weighted by Gasteiger charge is -2.38. The summed E-state index contributed by atoms with van der Waals surface area (Å²) in [7, 11) is 4.40. The molecule has 0 spiro atoms. The van der Waals surface area contributed by atoms with Gasteiger partial charge in [-0.25, -0.2) is 0 Å². The molecule has 0 radical (unpaired) electrons. The Labute approximate surface area is 100 Å². The summed E-state index contributed by atoms with van der Waals surface area (Å²) in [5.41, 5.74) is 1.40. The molecular formula is C12H17BrN2. The number of rotatable bonds is 1. The van der Waals surface area contributed by atoms with E-state index in [1.807, 2.05) is 0 Å². The van der Waals surface area contributed by atoms with Crippen molar-refractivity contribution in [1.82, 2.24) is 9.80 Å². The highest BCUT2D eigenvalue weighted by Crippen LogP contribution is 2.25. The Balaban J connectivity index is 2.21. The fourth-order valence-electron chi connectivity index (χ4n) is 2.08. The third-order valence-corrected chi connectivity index (χ3v) is 3.58. The van der Waals surface area contributed by atoms with E-state index in [0.29, 0.717) is 6.04 Å². The van der Waals surface area contributed by atoms with E-state index in [2.05, 4.69) is 64.1 Å². The van der Waals surface area contributed by atoms with Crippen molar-refractivity contribution in [2.24, 2.45) is 0 Å². The number of halogens is 1. The van der Waals surface area contributed by atoms with Gasteiger partial charge in [0.25, 0.3) is 0 Å². The minimum atomic E-state index is 0.529. The Hall–Kier alpha value is -0.380. The van der Waals surface area contributed by atoms with E-state index in [1.165, 1.54) is 16.6 Å². The monoisotopic (exact) mass is 268 g/mol. The molecule has 1 aromatic carbocycles. The van der Waals surface area contributed by atoms with Gasteiger partial charge >= 0.3 is 0 Å². The molecule has 1 atom stereocenters. The van der Waals surface area contributed by atoms with Crippen LogP contribution in [0, 0.1) is 0 Å². The Bertz CT molecular complexity index is 340. The zero-order valence-corrected chi connectivity index (χ0v) is 10.9. The molecule has 1 unspecified atom stereocenters. The Morgan fingerprint density at radius 3 is 2.80 bits per heavy atom. The maximum Gasteiger partial charge on any atom is 0.0472 e. The molecule has 2 rings (SSSR count). The topological polar surface area (TPSA) is 6.48 Å². The Morgan fingerprint density at radius 1 is 1.27 bits per heavy atom. The molecule has 1 aromatic rings. The van der Waals surface area contributed by atoms with Crippen LogP contribution >= 0.6 is 15.9 Å². The fraction of sp³-hybridized carbons (Fsp3) is 0.500. The van der Waals surface area contributed by atoms with Gasteiger partial charge < -0.3 is 4.90 Å². The van der Waals surface area contributed by atoms with Gasteiger partial charge in [0.15, 0.2) is 0 Å². The van der Waals surface area contributed by atoms with Gasteiger partial charge in [-0.3, -0.25) is 4.90 Å². The zero-order chi connectivity index (χ0) is 10.8. The largest absolute Gasteiger partial charge is 0.303 e. The maximum absolute atomic E-state index is 3.53. The summed E-state index contributed by atoms with van der Waals surface area (Å²) in [6.07, 6.45) is 0. The molecule has 1 fully saturated rings. The van der Waals surface area contributed by atoms with E-state index in [0.717, 1.165) is 13.1 Å². The normalized spacial score (nSPS) is 24.3. The summed E-state index contributed by atoms with van der Waals surface area (Å²) in [5, 5.41) is 0. The Morgan fingerprint density at radius 2 is 2.07 bits per heavy atom. The standard InChI is InChI=1S/C12H17BrN2/c1-14-6-7-15(2)12(9-14)10-4-3-5-11(13)8-10/h3-5,8,12H,6-7,9H2,1-2H3. The van der Waals surface area contributed by atoms with Gasteiger partial charge in [-0.15, -0.1) is 0 Å². The number of likely N-dealkylation sites (N-methyl/N-ethyl adjacent to an activating group) is 2. The summed E-state index contributed by atoms with van der Waals surface area (Å²) < 4.78 is 1.17. The number of hydrogen-bond donors (Lipinski definition) is 0. The highest BCUT2D eigenvalue weighted by molar-refractivity contribution is 9.10. The highest BCUT2D eigenvalue weighted by Gasteiger charge is 2.23. The van der Waals surface area contributed by atoms with Gasteiger partial charge in [0, 0.05) is 30.1 Å². The molecule has 0 amide bonds. The van der Waals surface area contributed by atoms with Crippen LogP contribution in [-0.4, -0.2) is 43.5 Å². The lowest BCUT2D eigenvalue weighted by atomic mass is 10.0. The van der Waals surface area contributed by atoms with Crippen molar-refractivity contribution in [2.45, 2.75) is 6.04 Å². The molecular weight excluding hydrogens is 252 g/mol. The van der Waals surface area contributed by atoms with Crippen LogP contribution in [-0.2, 0) is 0 Å². The number of hydrogen-bond acceptors (Lipinski definition) is 2. The molecule has 1 aliphatic heterocycles. The predicted octanol–water partition coefficient (Wildman–Crippen LogP) is 2.37. The van der Waals surface area contributed by atoms with Gasteiger partial charge in [-0.2, -0.15) is 0 Å². The maximum atomic E-state index is 3.53. The quantitative estimate of drug-likeness (QED) is 0.772. The number of nitrogens with zero attached hydrogens (tertiary/aromatic N) is 2. The van der Waals surface area contributed by atoms with Crippen LogP contribution in [0.4, 0.5) is 0 Å². The van der Waals surface area contributed by atoms with Crippen LogP contribution in [0.3, 0.4) is 0 Å². The summed E-state index contributed by atoms with van der Waals surface area (Å²) in [5.74, 6) is 0. The van der Waals surface area contributed by atoms with E-state index in [1.54, 1.807) is 0 Å². The molecule has 0 saturated carbocycles. The first-order valence-electron chi connectivity index (χ1n) is 5.31. The number of benzene rings is 1. The lowest BCUT2D eigenvalue weighted by Crippen LogP contribution is -2.44. The van der Waals surface area contributed by atoms with Crippen molar-refractivity contribution in [3.63, 3.8) is 0 Å². The van der Waals surface area contributed by atoms with Gasteiger partial charge in [0.1, 0.15) is 0 Å². The first-order chi connectivity index (χ1) is 7.16. The van der Waals surface area contributed by atoms with Crippen LogP contribution in [0.2, 0.25) is 0 Å². The van der Waals surface area contributed by atoms with Gasteiger partial charge in [-0.1, -0.05) is 28.1 Å². The third kappa shape index (κ3) is 2.60. The van der Waals surface area contributed by atoms with Gasteiger partial charge in [-0.05, 0) is 31.8 Å². The summed E-state index contributed by atoms with van der Waals surface area (Å²) >= 11 is 3.53. The minimum absolute atomic E-state index is 0.529. The summed E-state index contributed by atoms with van der Waals surface area (Å²) in [4.78, 5) is 4.83. The SMILES string of the molecule is CN1CCN(C)C(c2cccc(Br)c2)C1. The van der Waals surface area contributed by atoms with Crippen molar-refractivity contribution in [2.75, 3.05) is 33.7 Å². The second-order valence-corrected chi connectivity index (χ2v) is 5.23. The van der Waals surface area contributed by atoms with E-state index < -0.39 is 0 Å². The molecule has 3 heteroatoms. The van der Waals surface area contributed by atoms with E-state index in [-0.39, 0.29) is 0 Å². The van der Waals surface area contributed by atoms with E-state index in [9.17, 15) is 0 Å². The van der Waals surface area contributed by atoms with Crippen molar-refractivity contribution in [3.05, 3.63) is 34.3 Å². The minimum Gasteiger partial charge on any atom is -0.303 e. The first-order valence-corrected chi connectivity index (χ1v) is 6.10.